The molecule has 12 heavy (non-hydrogen) atoms. The van der Waals surface area contributed by atoms with E-state index in [1.165, 1.54) is 0 Å². The highest BCUT2D eigenvalue weighted by Gasteiger charge is 1.98. The third-order valence-corrected chi connectivity index (χ3v) is 1.68. The van der Waals surface area contributed by atoms with Gasteiger partial charge in [0.2, 0.25) is 0 Å². The number of hydrogen-bond acceptors (Lipinski definition) is 2. The summed E-state index contributed by atoms with van der Waals surface area (Å²) in [6.07, 6.45) is 5.23. The van der Waals surface area contributed by atoms with Gasteiger partial charge < -0.3 is 10.2 Å². The highest BCUT2D eigenvalue weighted by atomic mass is 16.3. The Morgan fingerprint density at radius 1 is 1.25 bits per heavy atom. The van der Waals surface area contributed by atoms with Crippen LogP contribution < -0.4 is 0 Å². The molecule has 0 aromatic rings. The molecule has 2 N–H and O–H groups in total. The second kappa shape index (κ2) is 7.32. The van der Waals surface area contributed by atoms with Gasteiger partial charge in [-0.05, 0) is 26.7 Å². The van der Waals surface area contributed by atoms with Crippen molar-refractivity contribution in [2.75, 3.05) is 6.61 Å². The van der Waals surface area contributed by atoms with E-state index in [0.717, 1.165) is 31.3 Å². The summed E-state index contributed by atoms with van der Waals surface area (Å²) in [5.74, 6) is 0. The van der Waals surface area contributed by atoms with Gasteiger partial charge in [0.05, 0.1) is 6.10 Å². The summed E-state index contributed by atoms with van der Waals surface area (Å²) >= 11 is 0. The second-order valence-corrected chi connectivity index (χ2v) is 3.38. The van der Waals surface area contributed by atoms with Crippen LogP contribution in [0.5, 0.6) is 0 Å². The van der Waals surface area contributed by atoms with Crippen LogP contribution in [0.15, 0.2) is 11.6 Å². The first-order chi connectivity index (χ1) is 5.66. The monoisotopic (exact) mass is 172 g/mol. The zero-order valence-electron chi connectivity index (χ0n) is 8.08. The van der Waals surface area contributed by atoms with E-state index in [1.807, 2.05) is 19.9 Å². The highest BCUT2D eigenvalue weighted by Crippen LogP contribution is 2.05. The minimum Gasteiger partial charge on any atom is -0.396 e. The third kappa shape index (κ3) is 7.76. The fourth-order valence-electron chi connectivity index (χ4n) is 1.11. The Bertz CT molecular complexity index is 126. The van der Waals surface area contributed by atoms with Gasteiger partial charge in [-0.2, -0.15) is 0 Å². The molecule has 0 rings (SSSR count). The molecule has 2 nitrogen and oxygen atoms in total. The Hall–Kier alpha value is -0.340. The van der Waals surface area contributed by atoms with Crippen LogP contribution in [0.25, 0.3) is 0 Å². The number of aliphatic hydroxyl groups excluding tert-OH is 2. The number of allylic oxidation sites excluding steroid dienone is 1. The van der Waals surface area contributed by atoms with Gasteiger partial charge >= 0.3 is 0 Å². The number of hydrogen-bond donors (Lipinski definition) is 2. The zero-order valence-corrected chi connectivity index (χ0v) is 8.08. The predicted octanol–water partition coefficient (Wildman–Crippen LogP) is 1.87. The van der Waals surface area contributed by atoms with E-state index in [0.29, 0.717) is 0 Å². The maximum Gasteiger partial charge on any atom is 0.0723 e. The quantitative estimate of drug-likeness (QED) is 0.474. The molecule has 0 amide bonds. The van der Waals surface area contributed by atoms with Gasteiger partial charge in [-0.25, -0.2) is 0 Å². The van der Waals surface area contributed by atoms with Gasteiger partial charge in [0.1, 0.15) is 0 Å². The van der Waals surface area contributed by atoms with Crippen molar-refractivity contribution in [3.05, 3.63) is 11.6 Å². The molecule has 1 unspecified atom stereocenters. The van der Waals surface area contributed by atoms with E-state index < -0.39 is 0 Å². The smallest absolute Gasteiger partial charge is 0.0723 e. The summed E-state index contributed by atoms with van der Waals surface area (Å²) in [5.41, 5.74) is 1.16. The van der Waals surface area contributed by atoms with Gasteiger partial charge in [-0.1, -0.05) is 24.5 Å². The Morgan fingerprint density at radius 2 is 1.92 bits per heavy atom. The standard InChI is InChI=1S/C10H20O2/c1-9(2)8-10(12)6-4-3-5-7-11/h8,10-12H,3-7H2,1-2H3. The SMILES string of the molecule is CC(C)=CC(O)CCCCCO. The van der Waals surface area contributed by atoms with Crippen molar-refractivity contribution in [2.45, 2.75) is 45.6 Å². The molecule has 0 fully saturated rings. The fourth-order valence-corrected chi connectivity index (χ4v) is 1.11. The van der Waals surface area contributed by atoms with E-state index in [9.17, 15) is 5.11 Å². The van der Waals surface area contributed by atoms with Gasteiger partial charge in [-0.3, -0.25) is 0 Å². The minimum atomic E-state index is -0.298. The molecular formula is C10H20O2. The van der Waals surface area contributed by atoms with Crippen LogP contribution in [-0.4, -0.2) is 22.9 Å². The van der Waals surface area contributed by atoms with E-state index in [-0.39, 0.29) is 12.7 Å². The van der Waals surface area contributed by atoms with Crippen LogP contribution in [0.3, 0.4) is 0 Å². The first kappa shape index (κ1) is 11.7. The Kier molecular flexibility index (Phi) is 7.11. The average Bonchev–Trinajstić information content (AvgIpc) is 1.97. The lowest BCUT2D eigenvalue weighted by Gasteiger charge is -2.05. The van der Waals surface area contributed by atoms with E-state index in [2.05, 4.69) is 0 Å². The van der Waals surface area contributed by atoms with Gasteiger partial charge in [-0.15, -0.1) is 0 Å². The summed E-state index contributed by atoms with van der Waals surface area (Å²) in [6.45, 7) is 4.23. The van der Waals surface area contributed by atoms with Gasteiger partial charge in [0, 0.05) is 6.61 Å². The van der Waals surface area contributed by atoms with Crippen molar-refractivity contribution in [3.63, 3.8) is 0 Å². The molecular weight excluding hydrogens is 152 g/mol. The maximum atomic E-state index is 9.38. The van der Waals surface area contributed by atoms with E-state index >= 15 is 0 Å². The highest BCUT2D eigenvalue weighted by molar-refractivity contribution is 4.97. The molecule has 0 aromatic heterocycles. The van der Waals surface area contributed by atoms with Crippen molar-refractivity contribution in [1.29, 1.82) is 0 Å². The molecule has 0 saturated heterocycles. The summed E-state index contributed by atoms with van der Waals surface area (Å²) in [5, 5.41) is 17.9. The molecule has 0 bridgehead atoms. The molecule has 0 radical (unpaired) electrons. The van der Waals surface area contributed by atoms with Crippen LogP contribution in [0.2, 0.25) is 0 Å². The maximum absolute atomic E-state index is 9.38. The van der Waals surface area contributed by atoms with Gasteiger partial charge in [0.15, 0.2) is 0 Å². The summed E-state index contributed by atoms with van der Waals surface area (Å²) in [6, 6.07) is 0. The van der Waals surface area contributed by atoms with Crippen LogP contribution in [0.1, 0.15) is 39.5 Å². The largest absolute Gasteiger partial charge is 0.396 e. The predicted molar refractivity (Wildman–Crippen MR) is 51.0 cm³/mol. The molecule has 0 saturated carbocycles. The van der Waals surface area contributed by atoms with Crippen molar-refractivity contribution in [1.82, 2.24) is 0 Å². The van der Waals surface area contributed by atoms with E-state index in [4.69, 9.17) is 5.11 Å². The van der Waals surface area contributed by atoms with Crippen molar-refractivity contribution in [3.8, 4) is 0 Å². The summed E-state index contributed by atoms with van der Waals surface area (Å²) < 4.78 is 0. The molecule has 1 atom stereocenters. The van der Waals surface area contributed by atoms with Crippen molar-refractivity contribution in [2.24, 2.45) is 0 Å². The molecule has 2 heteroatoms. The Morgan fingerprint density at radius 3 is 2.42 bits per heavy atom. The molecule has 72 valence electrons. The number of unbranched alkanes of at least 4 members (excludes halogenated alkanes) is 2. The second-order valence-electron chi connectivity index (χ2n) is 3.38. The Labute approximate surface area is 74.9 Å². The van der Waals surface area contributed by atoms with E-state index in [1.54, 1.807) is 0 Å². The zero-order chi connectivity index (χ0) is 9.40. The molecule has 0 spiro atoms. The van der Waals surface area contributed by atoms with Crippen LogP contribution >= 0.6 is 0 Å². The molecule has 0 heterocycles. The third-order valence-electron chi connectivity index (χ3n) is 1.68. The number of rotatable bonds is 6. The first-order valence-electron chi connectivity index (χ1n) is 4.60. The molecule has 0 aliphatic carbocycles. The van der Waals surface area contributed by atoms with Crippen LogP contribution in [0, 0.1) is 0 Å². The van der Waals surface area contributed by atoms with Crippen molar-refractivity contribution >= 4 is 0 Å². The lowest BCUT2D eigenvalue weighted by molar-refractivity contribution is 0.204. The number of aliphatic hydroxyl groups is 2. The van der Waals surface area contributed by atoms with Crippen LogP contribution in [0.4, 0.5) is 0 Å². The molecule has 0 aliphatic rings. The topological polar surface area (TPSA) is 40.5 Å². The molecule has 0 aromatic carbocycles. The fraction of sp³-hybridized carbons (Fsp3) is 0.800. The molecule has 0 aliphatic heterocycles. The lowest BCUT2D eigenvalue weighted by atomic mass is 10.1. The summed E-state index contributed by atoms with van der Waals surface area (Å²) in [7, 11) is 0. The average molecular weight is 172 g/mol. The Balaban J connectivity index is 3.32. The van der Waals surface area contributed by atoms with Gasteiger partial charge in [0.25, 0.3) is 0 Å². The minimum absolute atomic E-state index is 0.263. The lowest BCUT2D eigenvalue weighted by Crippen LogP contribution is -2.02. The van der Waals surface area contributed by atoms with Crippen LogP contribution in [-0.2, 0) is 0 Å². The normalized spacial score (nSPS) is 12.7. The van der Waals surface area contributed by atoms with Crippen molar-refractivity contribution < 1.29 is 10.2 Å². The summed E-state index contributed by atoms with van der Waals surface area (Å²) in [4.78, 5) is 0. The first-order valence-corrected chi connectivity index (χ1v) is 4.60.